The summed E-state index contributed by atoms with van der Waals surface area (Å²) in [6.45, 7) is 0.254. The van der Waals surface area contributed by atoms with Gasteiger partial charge in [0, 0.05) is 0 Å². The van der Waals surface area contributed by atoms with E-state index in [1.807, 2.05) is 0 Å². The molecule has 0 saturated heterocycles. The van der Waals surface area contributed by atoms with Crippen molar-refractivity contribution >= 4 is 11.9 Å². The summed E-state index contributed by atoms with van der Waals surface area (Å²) in [5.41, 5.74) is -4.40. The van der Waals surface area contributed by atoms with Crippen LogP contribution in [0, 0.1) is 0 Å². The largest absolute Gasteiger partial charge is 0.507 e. The van der Waals surface area contributed by atoms with Crippen LogP contribution in [0.5, 0.6) is 11.5 Å². The molecule has 0 aliphatic heterocycles. The number of phenolic OH excluding ortho intramolecular Hbond substituents is 2. The van der Waals surface area contributed by atoms with Gasteiger partial charge in [-0.05, 0) is 19.1 Å². The van der Waals surface area contributed by atoms with Gasteiger partial charge in [0.2, 0.25) is 5.54 Å². The normalized spacial score (nSPS) is 14.4. The minimum absolute atomic E-state index is 0.254. The van der Waals surface area contributed by atoms with Gasteiger partial charge in [-0.3, -0.25) is 4.79 Å². The molecule has 9 heteroatoms. The molecule has 1 rings (SSSR count). The minimum Gasteiger partial charge on any atom is -0.507 e. The molecule has 6 nitrogen and oxygen atoms in total. The second kappa shape index (κ2) is 4.91. The van der Waals surface area contributed by atoms with Gasteiger partial charge >= 0.3 is 12.1 Å². The number of carboxylic acids is 1. The zero-order valence-corrected chi connectivity index (χ0v) is 10.0. The highest BCUT2D eigenvalue weighted by atomic mass is 19.4. The predicted octanol–water partition coefficient (Wildman–Crippen LogP) is 1.23. The molecule has 110 valence electrons. The SMILES string of the molecule is CC(NC(=O)c1c(O)cccc1O)(C(=O)O)C(F)(F)F. The minimum atomic E-state index is -5.27. The van der Waals surface area contributed by atoms with Gasteiger partial charge < -0.3 is 20.6 Å². The first-order valence-electron chi connectivity index (χ1n) is 5.14. The van der Waals surface area contributed by atoms with Gasteiger partial charge in [-0.15, -0.1) is 0 Å². The Balaban J connectivity index is 3.20. The Morgan fingerprint density at radius 1 is 1.15 bits per heavy atom. The van der Waals surface area contributed by atoms with E-state index >= 15 is 0 Å². The molecule has 0 heterocycles. The number of aliphatic carboxylic acids is 1. The van der Waals surface area contributed by atoms with Crippen LogP contribution < -0.4 is 5.32 Å². The molecule has 1 amide bonds. The van der Waals surface area contributed by atoms with Crippen LogP contribution in [0.4, 0.5) is 13.2 Å². The molecule has 1 atom stereocenters. The van der Waals surface area contributed by atoms with E-state index in [9.17, 15) is 33.0 Å². The highest BCUT2D eigenvalue weighted by Crippen LogP contribution is 2.32. The van der Waals surface area contributed by atoms with E-state index in [0.29, 0.717) is 0 Å². The third kappa shape index (κ3) is 2.60. The summed E-state index contributed by atoms with van der Waals surface area (Å²) in [6.07, 6.45) is -5.27. The van der Waals surface area contributed by atoms with Gasteiger partial charge in [0.05, 0.1) is 0 Å². The van der Waals surface area contributed by atoms with Gasteiger partial charge in [-0.1, -0.05) is 6.07 Å². The molecule has 1 unspecified atom stereocenters. The van der Waals surface area contributed by atoms with Crippen LogP contribution in [0.25, 0.3) is 0 Å². The van der Waals surface area contributed by atoms with E-state index in [4.69, 9.17) is 5.11 Å². The Bertz CT molecular complexity index is 537. The summed E-state index contributed by atoms with van der Waals surface area (Å²) in [4.78, 5) is 22.4. The number of carboxylic acid groups (broad SMARTS) is 1. The summed E-state index contributed by atoms with van der Waals surface area (Å²) < 4.78 is 38.1. The first kappa shape index (κ1) is 15.6. The molecule has 0 radical (unpaired) electrons. The fourth-order valence-corrected chi connectivity index (χ4v) is 1.30. The number of rotatable bonds is 3. The van der Waals surface area contributed by atoms with Crippen molar-refractivity contribution in [1.82, 2.24) is 5.32 Å². The van der Waals surface area contributed by atoms with Gasteiger partial charge in [-0.2, -0.15) is 13.2 Å². The van der Waals surface area contributed by atoms with Crippen LogP contribution in [-0.2, 0) is 4.79 Å². The average Bonchev–Trinajstić information content (AvgIpc) is 2.26. The Morgan fingerprint density at radius 2 is 1.60 bits per heavy atom. The summed E-state index contributed by atoms with van der Waals surface area (Å²) in [7, 11) is 0. The van der Waals surface area contributed by atoms with Crippen molar-refractivity contribution in [3.05, 3.63) is 23.8 Å². The van der Waals surface area contributed by atoms with E-state index in [1.54, 1.807) is 0 Å². The number of alkyl halides is 3. The van der Waals surface area contributed by atoms with Crippen molar-refractivity contribution in [3.8, 4) is 11.5 Å². The Hall–Kier alpha value is -2.45. The molecule has 1 aromatic carbocycles. The third-order valence-corrected chi connectivity index (χ3v) is 2.61. The molecule has 20 heavy (non-hydrogen) atoms. The highest BCUT2D eigenvalue weighted by Gasteiger charge is 2.58. The molecular formula is C11H10F3NO5. The van der Waals surface area contributed by atoms with E-state index in [0.717, 1.165) is 18.2 Å². The van der Waals surface area contributed by atoms with Crippen LogP contribution in [0.2, 0.25) is 0 Å². The molecule has 0 aliphatic carbocycles. The number of carbonyl (C=O) groups excluding carboxylic acids is 1. The summed E-state index contributed by atoms with van der Waals surface area (Å²) in [5.74, 6) is -5.45. The first-order valence-corrected chi connectivity index (χ1v) is 5.14. The standard InChI is InChI=1S/C11H10F3NO5/c1-10(9(19)20,11(12,13)14)15-8(18)7-5(16)3-2-4-6(7)17/h2-4,16-17H,1H3,(H,15,18)(H,19,20). The van der Waals surface area contributed by atoms with E-state index in [1.165, 1.54) is 5.32 Å². The zero-order valence-electron chi connectivity index (χ0n) is 10.0. The van der Waals surface area contributed by atoms with Crippen LogP contribution in [-0.4, -0.2) is 38.9 Å². The van der Waals surface area contributed by atoms with Crippen molar-refractivity contribution in [2.75, 3.05) is 0 Å². The van der Waals surface area contributed by atoms with Gasteiger partial charge in [0.1, 0.15) is 17.1 Å². The second-order valence-electron chi connectivity index (χ2n) is 4.05. The molecule has 1 aromatic rings. The predicted molar refractivity (Wildman–Crippen MR) is 59.3 cm³/mol. The van der Waals surface area contributed by atoms with E-state index < -0.39 is 40.7 Å². The van der Waals surface area contributed by atoms with Crippen LogP contribution >= 0.6 is 0 Å². The van der Waals surface area contributed by atoms with Crippen LogP contribution in [0.15, 0.2) is 18.2 Å². The molecule has 0 bridgehead atoms. The Morgan fingerprint density at radius 3 is 1.95 bits per heavy atom. The Labute approximate surface area is 110 Å². The quantitative estimate of drug-likeness (QED) is 0.670. The number of phenols is 2. The number of halogens is 3. The Kier molecular flexibility index (Phi) is 3.83. The first-order chi connectivity index (χ1) is 9.00. The fourth-order valence-electron chi connectivity index (χ4n) is 1.30. The number of hydrogen-bond donors (Lipinski definition) is 4. The lowest BCUT2D eigenvalue weighted by molar-refractivity contribution is -0.203. The number of amides is 1. The van der Waals surface area contributed by atoms with Crippen LogP contribution in [0.3, 0.4) is 0 Å². The topological polar surface area (TPSA) is 107 Å². The number of hydrogen-bond acceptors (Lipinski definition) is 4. The van der Waals surface area contributed by atoms with E-state index in [2.05, 4.69) is 0 Å². The lowest BCUT2D eigenvalue weighted by Gasteiger charge is -2.28. The smallest absolute Gasteiger partial charge is 0.422 e. The maximum absolute atomic E-state index is 12.7. The lowest BCUT2D eigenvalue weighted by atomic mass is 10.0. The third-order valence-electron chi connectivity index (χ3n) is 2.61. The molecule has 0 aliphatic rings. The zero-order chi connectivity index (χ0) is 15.7. The highest BCUT2D eigenvalue weighted by molar-refractivity contribution is 6.02. The monoisotopic (exact) mass is 293 g/mol. The molecule has 0 aromatic heterocycles. The number of carbonyl (C=O) groups is 2. The van der Waals surface area contributed by atoms with Crippen LogP contribution in [0.1, 0.15) is 17.3 Å². The van der Waals surface area contributed by atoms with Gasteiger partial charge in [0.15, 0.2) is 0 Å². The fraction of sp³-hybridized carbons (Fsp3) is 0.273. The number of aromatic hydroxyl groups is 2. The van der Waals surface area contributed by atoms with Gasteiger partial charge in [0.25, 0.3) is 5.91 Å². The van der Waals surface area contributed by atoms with Crippen molar-refractivity contribution in [2.24, 2.45) is 0 Å². The molecule has 0 spiro atoms. The number of nitrogens with one attached hydrogen (secondary N) is 1. The van der Waals surface area contributed by atoms with Crippen molar-refractivity contribution in [2.45, 2.75) is 18.6 Å². The van der Waals surface area contributed by atoms with Gasteiger partial charge in [-0.25, -0.2) is 4.79 Å². The average molecular weight is 293 g/mol. The molecule has 4 N–H and O–H groups in total. The molecule has 0 saturated carbocycles. The molecular weight excluding hydrogens is 283 g/mol. The summed E-state index contributed by atoms with van der Waals surface area (Å²) in [5, 5.41) is 28.6. The maximum Gasteiger partial charge on any atom is 0.422 e. The molecule has 0 fully saturated rings. The van der Waals surface area contributed by atoms with Crippen molar-refractivity contribution in [1.29, 1.82) is 0 Å². The summed E-state index contributed by atoms with van der Waals surface area (Å²) in [6, 6.07) is 3.07. The van der Waals surface area contributed by atoms with E-state index in [-0.39, 0.29) is 6.92 Å². The summed E-state index contributed by atoms with van der Waals surface area (Å²) >= 11 is 0. The number of benzene rings is 1. The maximum atomic E-state index is 12.7. The van der Waals surface area contributed by atoms with Crippen molar-refractivity contribution in [3.63, 3.8) is 0 Å². The second-order valence-corrected chi connectivity index (χ2v) is 4.05. The van der Waals surface area contributed by atoms with Crippen molar-refractivity contribution < 1.29 is 38.1 Å². The lowest BCUT2D eigenvalue weighted by Crippen LogP contribution is -2.61.